The quantitative estimate of drug-likeness (QED) is 0.266. The molecule has 0 spiro atoms. The zero-order valence-corrected chi connectivity index (χ0v) is 29.4. The maximum Gasteiger partial charge on any atom is 2.00 e. The molecule has 2 aromatic carbocycles. The van der Waals surface area contributed by atoms with E-state index in [0.717, 1.165) is 34.2 Å². The van der Waals surface area contributed by atoms with Gasteiger partial charge in [-0.3, -0.25) is 9.98 Å². The van der Waals surface area contributed by atoms with E-state index in [1.807, 2.05) is 0 Å². The maximum atomic E-state index is 5.20. The Morgan fingerprint density at radius 1 is 0.561 bits per heavy atom. The average Bonchev–Trinajstić information content (AvgIpc) is 2.84. The van der Waals surface area contributed by atoms with Gasteiger partial charge in [-0.2, -0.15) is 0 Å². The van der Waals surface area contributed by atoms with Gasteiger partial charge in [0.1, 0.15) is 0 Å². The number of aryl methyl sites for hydroxylation is 2. The van der Waals surface area contributed by atoms with Crippen LogP contribution in [0.25, 0.3) is 0 Å². The Labute approximate surface area is 272 Å². The Kier molecular flexibility index (Phi) is 15.8. The number of benzene rings is 2. The second-order valence-corrected chi connectivity index (χ2v) is 12.0. The second-order valence-electron chi connectivity index (χ2n) is 12.0. The zero-order valence-electron chi connectivity index (χ0n) is 26.8. The van der Waals surface area contributed by atoms with E-state index in [9.17, 15) is 0 Å². The summed E-state index contributed by atoms with van der Waals surface area (Å²) >= 11 is 0. The molecule has 0 fully saturated rings. The third-order valence-corrected chi connectivity index (χ3v) is 7.16. The van der Waals surface area contributed by atoms with Crippen molar-refractivity contribution in [1.82, 2.24) is 4.98 Å². The minimum atomic E-state index is 0. The maximum absolute atomic E-state index is 5.20. The van der Waals surface area contributed by atoms with Crippen molar-refractivity contribution < 1.29 is 41.9 Å². The van der Waals surface area contributed by atoms with Gasteiger partial charge >= 0.3 is 17.1 Å². The van der Waals surface area contributed by atoms with Crippen molar-refractivity contribution >= 4 is 22.8 Å². The molecule has 6 heteroatoms. The molecule has 0 unspecified atom stereocenters. The second kappa shape index (κ2) is 16.6. The summed E-state index contributed by atoms with van der Waals surface area (Å²) in [5, 5.41) is 0. The van der Waals surface area contributed by atoms with E-state index < -0.39 is 0 Å². The topological polar surface area (TPSA) is 37.6 Å². The first kappa shape index (κ1) is 39.0. The number of hydrogen-bond donors (Lipinski definition) is 0. The van der Waals surface area contributed by atoms with Crippen molar-refractivity contribution in [2.75, 3.05) is 0 Å². The molecular formula is C35H47Cl2FeN3. The summed E-state index contributed by atoms with van der Waals surface area (Å²) in [6, 6.07) is 15.3. The fourth-order valence-corrected chi connectivity index (χ4v) is 4.98. The van der Waals surface area contributed by atoms with Crippen molar-refractivity contribution in [3.63, 3.8) is 0 Å². The summed E-state index contributed by atoms with van der Waals surface area (Å²) in [5.41, 5.74) is 13.6. The number of nitrogens with zero attached hydrogens (tertiary/aromatic N) is 3. The van der Waals surface area contributed by atoms with Gasteiger partial charge in [-0.25, -0.2) is 4.98 Å². The predicted molar refractivity (Wildman–Crippen MR) is 167 cm³/mol. The molecule has 0 aliphatic rings. The molecular weight excluding hydrogens is 589 g/mol. The molecule has 0 N–H and O–H groups in total. The summed E-state index contributed by atoms with van der Waals surface area (Å²) in [6.45, 7) is 26.4. The van der Waals surface area contributed by atoms with E-state index in [4.69, 9.17) is 15.0 Å². The van der Waals surface area contributed by atoms with Gasteiger partial charge in [-0.15, -0.1) is 0 Å². The first-order valence-corrected chi connectivity index (χ1v) is 14.2. The standard InChI is InChI=1S/C35H47N3.2ClH.Fe/c1-20(2)28-16-24(9)17-29(21(3)4)34(28)36-26(11)32-14-13-15-33(38-32)27(12)37-35-30(22(5)6)18-25(10)19-31(35)23(7)8;;;/h13-23H,1-12H3;2*1H;/q;;;+2/p-2. The Bertz CT molecular complexity index is 1210. The van der Waals surface area contributed by atoms with Crippen LogP contribution in [-0.2, 0) is 17.1 Å². The minimum Gasteiger partial charge on any atom is -1.00 e. The van der Waals surface area contributed by atoms with Crippen LogP contribution in [0.5, 0.6) is 0 Å². The van der Waals surface area contributed by atoms with E-state index in [0.29, 0.717) is 23.7 Å². The number of aliphatic imine (C=N–C) groups is 2. The Morgan fingerprint density at radius 2 is 0.829 bits per heavy atom. The molecule has 0 saturated carbocycles. The fraction of sp³-hybridized carbons (Fsp3) is 0.457. The number of pyridine rings is 1. The van der Waals surface area contributed by atoms with Gasteiger partial charge in [0.25, 0.3) is 0 Å². The van der Waals surface area contributed by atoms with Crippen molar-refractivity contribution in [3.8, 4) is 0 Å². The van der Waals surface area contributed by atoms with Crippen LogP contribution in [0.3, 0.4) is 0 Å². The third-order valence-electron chi connectivity index (χ3n) is 7.16. The van der Waals surface area contributed by atoms with Crippen molar-refractivity contribution in [2.45, 2.75) is 107 Å². The van der Waals surface area contributed by atoms with Crippen LogP contribution in [-0.4, -0.2) is 16.4 Å². The average molecular weight is 637 g/mol. The van der Waals surface area contributed by atoms with Crippen molar-refractivity contribution in [2.24, 2.45) is 9.98 Å². The Hall–Kier alpha value is -1.97. The van der Waals surface area contributed by atoms with Crippen molar-refractivity contribution in [1.29, 1.82) is 0 Å². The molecule has 0 amide bonds. The molecule has 0 aliphatic carbocycles. The summed E-state index contributed by atoms with van der Waals surface area (Å²) < 4.78 is 0. The monoisotopic (exact) mass is 635 g/mol. The fourth-order valence-electron chi connectivity index (χ4n) is 4.98. The van der Waals surface area contributed by atoms with Crippen LogP contribution >= 0.6 is 0 Å². The molecule has 3 rings (SSSR count). The first-order valence-electron chi connectivity index (χ1n) is 14.2. The van der Waals surface area contributed by atoms with E-state index in [-0.39, 0.29) is 41.9 Å². The van der Waals surface area contributed by atoms with Crippen LogP contribution in [0.15, 0.2) is 52.4 Å². The molecule has 1 heterocycles. The van der Waals surface area contributed by atoms with Crippen LogP contribution in [0.1, 0.15) is 138 Å². The van der Waals surface area contributed by atoms with Gasteiger partial charge in [0.15, 0.2) is 0 Å². The molecule has 3 aromatic rings. The number of hydrogen-bond acceptors (Lipinski definition) is 3. The predicted octanol–water partition coefficient (Wildman–Crippen LogP) is 4.48. The summed E-state index contributed by atoms with van der Waals surface area (Å²) in [4.78, 5) is 15.4. The van der Waals surface area contributed by atoms with E-state index in [1.165, 1.54) is 33.4 Å². The molecule has 224 valence electrons. The molecule has 1 aromatic heterocycles. The molecule has 3 nitrogen and oxygen atoms in total. The third kappa shape index (κ3) is 9.52. The van der Waals surface area contributed by atoms with Crippen LogP contribution in [0.2, 0.25) is 0 Å². The molecule has 0 radical (unpaired) electrons. The molecule has 41 heavy (non-hydrogen) atoms. The summed E-state index contributed by atoms with van der Waals surface area (Å²) in [5.74, 6) is 1.58. The van der Waals surface area contributed by atoms with Crippen LogP contribution < -0.4 is 24.8 Å². The van der Waals surface area contributed by atoms with Gasteiger partial charge in [0.2, 0.25) is 0 Å². The van der Waals surface area contributed by atoms with Crippen LogP contribution in [0, 0.1) is 13.8 Å². The van der Waals surface area contributed by atoms with Gasteiger partial charge in [0.05, 0.1) is 34.2 Å². The zero-order chi connectivity index (χ0) is 28.3. The normalized spacial score (nSPS) is 12.0. The number of aromatic nitrogens is 1. The first-order chi connectivity index (χ1) is 17.8. The van der Waals surface area contributed by atoms with Crippen LogP contribution in [0.4, 0.5) is 11.4 Å². The molecule has 0 atom stereocenters. The van der Waals surface area contributed by atoms with E-state index in [1.54, 1.807) is 0 Å². The summed E-state index contributed by atoms with van der Waals surface area (Å²) in [7, 11) is 0. The number of rotatable bonds is 8. The van der Waals surface area contributed by atoms with E-state index in [2.05, 4.69) is 126 Å². The Balaban J connectivity index is 0.00000533. The van der Waals surface area contributed by atoms with Gasteiger partial charge in [0, 0.05) is 0 Å². The smallest absolute Gasteiger partial charge is 1.00 e. The molecule has 0 saturated heterocycles. The minimum absolute atomic E-state index is 0. The largest absolute Gasteiger partial charge is 2.00 e. The van der Waals surface area contributed by atoms with Crippen molar-refractivity contribution in [3.05, 3.63) is 87.2 Å². The van der Waals surface area contributed by atoms with Gasteiger partial charge in [-0.1, -0.05) is 96.8 Å². The van der Waals surface area contributed by atoms with Gasteiger partial charge in [-0.05, 0) is 85.8 Å². The molecule has 0 bridgehead atoms. The Morgan fingerprint density at radius 3 is 1.07 bits per heavy atom. The SMILES string of the molecule is CC(=Nc1c(C(C)C)cc(C)cc1C(C)C)c1cccc(C(C)=Nc2c(C(C)C)cc(C)cc2C(C)C)n1.[Cl-].[Cl-].[Fe+2]. The summed E-state index contributed by atoms with van der Waals surface area (Å²) in [6.07, 6.45) is 0. The number of halogens is 2. The van der Waals surface area contributed by atoms with Gasteiger partial charge < -0.3 is 24.8 Å². The van der Waals surface area contributed by atoms with E-state index >= 15 is 0 Å². The molecule has 0 aliphatic heterocycles.